The molecule has 0 atom stereocenters. The van der Waals surface area contributed by atoms with Crippen LogP contribution in [-0.4, -0.2) is 20.0 Å². The SMILES string of the molecule is CCCCCCCCCCC(CCCCCCCCCC)CCCCn1nc2c(Br)cnc(-c3cccs3)c2n1. The number of unbranched alkanes of at least 4 members (excludes halogenated alkanes) is 15. The lowest BCUT2D eigenvalue weighted by Gasteiger charge is -2.17. The number of fused-ring (bicyclic) bond motifs is 1. The van der Waals surface area contributed by atoms with Gasteiger partial charge in [-0.1, -0.05) is 148 Å². The van der Waals surface area contributed by atoms with E-state index < -0.39 is 0 Å². The molecule has 0 aliphatic heterocycles. The Morgan fingerprint density at radius 2 is 1.23 bits per heavy atom. The van der Waals surface area contributed by atoms with Gasteiger partial charge in [-0.05, 0) is 39.7 Å². The molecule has 4 nitrogen and oxygen atoms in total. The van der Waals surface area contributed by atoms with Crippen LogP contribution in [-0.2, 0) is 6.54 Å². The number of thiophene rings is 1. The van der Waals surface area contributed by atoms with E-state index >= 15 is 0 Å². The van der Waals surface area contributed by atoms with Gasteiger partial charge in [0.15, 0.2) is 0 Å². The number of pyridine rings is 1. The van der Waals surface area contributed by atoms with Crippen LogP contribution in [0.1, 0.15) is 149 Å². The summed E-state index contributed by atoms with van der Waals surface area (Å²) < 4.78 is 0.921. The first-order chi connectivity index (χ1) is 19.7. The van der Waals surface area contributed by atoms with Gasteiger partial charge in [-0.2, -0.15) is 15.0 Å². The van der Waals surface area contributed by atoms with Crippen LogP contribution in [0.2, 0.25) is 0 Å². The highest BCUT2D eigenvalue weighted by molar-refractivity contribution is 9.10. The van der Waals surface area contributed by atoms with Crippen LogP contribution in [0.5, 0.6) is 0 Å². The summed E-state index contributed by atoms with van der Waals surface area (Å²) in [7, 11) is 0. The molecule has 0 spiro atoms. The van der Waals surface area contributed by atoms with Crippen LogP contribution in [0.15, 0.2) is 28.2 Å². The predicted molar refractivity (Wildman–Crippen MR) is 178 cm³/mol. The molecule has 3 heterocycles. The molecule has 3 aromatic rings. The Balaban J connectivity index is 1.41. The lowest BCUT2D eigenvalue weighted by molar-refractivity contribution is 0.359. The monoisotopic (exact) mass is 630 g/mol. The average Bonchev–Trinajstić information content (AvgIpc) is 3.65. The zero-order valence-electron chi connectivity index (χ0n) is 25.5. The van der Waals surface area contributed by atoms with E-state index in [1.54, 1.807) is 11.3 Å². The maximum atomic E-state index is 4.86. The van der Waals surface area contributed by atoms with Crippen molar-refractivity contribution >= 4 is 38.3 Å². The third-order valence-electron chi connectivity index (χ3n) is 8.32. The van der Waals surface area contributed by atoms with Crippen LogP contribution in [0.3, 0.4) is 0 Å². The van der Waals surface area contributed by atoms with E-state index in [2.05, 4.69) is 52.3 Å². The van der Waals surface area contributed by atoms with E-state index in [1.165, 1.54) is 128 Å². The molecule has 40 heavy (non-hydrogen) atoms. The maximum Gasteiger partial charge on any atom is 0.141 e. The molecule has 0 radical (unpaired) electrons. The molecule has 3 aromatic heterocycles. The van der Waals surface area contributed by atoms with Crippen LogP contribution >= 0.6 is 27.3 Å². The lowest BCUT2D eigenvalue weighted by atomic mass is 9.90. The molecule has 224 valence electrons. The minimum absolute atomic E-state index is 0.882. The summed E-state index contributed by atoms with van der Waals surface area (Å²) in [5, 5.41) is 11.8. The fraction of sp³-hybridized carbons (Fsp3) is 0.735. The average molecular weight is 632 g/mol. The topological polar surface area (TPSA) is 43.6 Å². The summed E-state index contributed by atoms with van der Waals surface area (Å²) in [4.78, 5) is 7.70. The van der Waals surface area contributed by atoms with Gasteiger partial charge in [0.05, 0.1) is 15.9 Å². The number of aromatic nitrogens is 4. The summed E-state index contributed by atoms with van der Waals surface area (Å²) in [6.45, 7) is 5.49. The standard InChI is InChI=1S/C34H55BrN4S/c1-3-5-7-9-11-13-15-17-22-29(23-18-16-14-12-10-8-6-4-2)24-19-20-26-39-37-32-30(35)28-36-33(34(32)38-39)31-25-21-27-40-31/h21,25,27-29H,3-20,22-24,26H2,1-2H3. The van der Waals surface area contributed by atoms with Crippen LogP contribution < -0.4 is 0 Å². The Morgan fingerprint density at radius 3 is 1.77 bits per heavy atom. The highest BCUT2D eigenvalue weighted by Crippen LogP contribution is 2.31. The van der Waals surface area contributed by atoms with Crippen molar-refractivity contribution in [3.8, 4) is 10.6 Å². The maximum absolute atomic E-state index is 4.86. The number of hydrogen-bond donors (Lipinski definition) is 0. The molecule has 0 aromatic carbocycles. The second-order valence-corrected chi connectivity index (χ2v) is 13.6. The zero-order chi connectivity index (χ0) is 28.3. The fourth-order valence-corrected chi connectivity index (χ4v) is 6.95. The van der Waals surface area contributed by atoms with E-state index in [0.717, 1.165) is 45.0 Å². The van der Waals surface area contributed by atoms with Crippen LogP contribution in [0.25, 0.3) is 21.6 Å². The zero-order valence-corrected chi connectivity index (χ0v) is 27.9. The van der Waals surface area contributed by atoms with Crippen molar-refractivity contribution in [1.82, 2.24) is 20.0 Å². The summed E-state index contributed by atoms with van der Waals surface area (Å²) in [6.07, 6.45) is 31.2. The quantitative estimate of drug-likeness (QED) is 0.0924. The van der Waals surface area contributed by atoms with E-state index in [9.17, 15) is 0 Å². The molecule has 0 N–H and O–H groups in total. The summed E-state index contributed by atoms with van der Waals surface area (Å²) in [6, 6.07) is 4.18. The normalized spacial score (nSPS) is 11.8. The van der Waals surface area contributed by atoms with Gasteiger partial charge in [-0.25, -0.2) is 0 Å². The Bertz CT molecular complexity index is 1010. The third kappa shape index (κ3) is 12.3. The van der Waals surface area contributed by atoms with Crippen molar-refractivity contribution in [2.45, 2.75) is 155 Å². The second-order valence-electron chi connectivity index (χ2n) is 11.8. The molecule has 0 aliphatic carbocycles. The Labute approximate surface area is 257 Å². The molecule has 0 unspecified atom stereocenters. The molecule has 0 saturated heterocycles. The first-order valence-corrected chi connectivity index (χ1v) is 18.3. The summed E-state index contributed by atoms with van der Waals surface area (Å²) >= 11 is 5.34. The highest BCUT2D eigenvalue weighted by atomic mass is 79.9. The van der Waals surface area contributed by atoms with Gasteiger partial charge in [-0.3, -0.25) is 4.98 Å². The van der Waals surface area contributed by atoms with E-state index in [4.69, 9.17) is 10.2 Å². The number of halogens is 1. The Kier molecular flexibility index (Phi) is 17.1. The first kappa shape index (κ1) is 33.2. The van der Waals surface area contributed by atoms with Gasteiger partial charge in [0, 0.05) is 6.20 Å². The van der Waals surface area contributed by atoms with Gasteiger partial charge < -0.3 is 0 Å². The summed E-state index contributed by atoms with van der Waals surface area (Å²) in [5.41, 5.74) is 2.76. The molecule has 0 fully saturated rings. The molecule has 0 aliphatic rings. The number of hydrogen-bond acceptors (Lipinski definition) is 4. The number of rotatable bonds is 24. The van der Waals surface area contributed by atoms with Crippen molar-refractivity contribution in [2.24, 2.45) is 5.92 Å². The third-order valence-corrected chi connectivity index (χ3v) is 9.78. The molecule has 3 rings (SSSR count). The van der Waals surface area contributed by atoms with Gasteiger partial charge in [0.25, 0.3) is 0 Å². The second kappa shape index (κ2) is 20.6. The molecular formula is C34H55BrN4S. The minimum Gasteiger partial charge on any atom is -0.252 e. The predicted octanol–water partition coefficient (Wildman–Crippen LogP) is 12.2. The molecule has 0 saturated carbocycles. The van der Waals surface area contributed by atoms with Crippen molar-refractivity contribution in [1.29, 1.82) is 0 Å². The number of aryl methyl sites for hydroxylation is 1. The largest absolute Gasteiger partial charge is 0.252 e. The first-order valence-electron chi connectivity index (χ1n) is 16.7. The Hall–Kier alpha value is -1.27. The van der Waals surface area contributed by atoms with Crippen molar-refractivity contribution in [2.75, 3.05) is 0 Å². The van der Waals surface area contributed by atoms with Gasteiger partial charge in [-0.15, -0.1) is 11.3 Å². The smallest absolute Gasteiger partial charge is 0.141 e. The van der Waals surface area contributed by atoms with E-state index in [1.807, 2.05) is 11.0 Å². The van der Waals surface area contributed by atoms with Crippen LogP contribution in [0, 0.1) is 5.92 Å². The van der Waals surface area contributed by atoms with Gasteiger partial charge >= 0.3 is 0 Å². The van der Waals surface area contributed by atoms with Gasteiger partial charge in [0.2, 0.25) is 0 Å². The van der Waals surface area contributed by atoms with Crippen molar-refractivity contribution in [3.05, 3.63) is 28.2 Å². The van der Waals surface area contributed by atoms with Crippen molar-refractivity contribution in [3.63, 3.8) is 0 Å². The number of nitrogens with zero attached hydrogens (tertiary/aromatic N) is 4. The lowest BCUT2D eigenvalue weighted by Crippen LogP contribution is -2.05. The summed E-state index contributed by atoms with van der Waals surface area (Å²) in [5.74, 6) is 0.897. The molecule has 0 amide bonds. The van der Waals surface area contributed by atoms with Crippen LogP contribution in [0.4, 0.5) is 0 Å². The van der Waals surface area contributed by atoms with E-state index in [0.29, 0.717) is 0 Å². The molecular weight excluding hydrogens is 576 g/mol. The van der Waals surface area contributed by atoms with E-state index in [-0.39, 0.29) is 0 Å². The minimum atomic E-state index is 0.882. The van der Waals surface area contributed by atoms with Gasteiger partial charge in [0.1, 0.15) is 16.7 Å². The highest BCUT2D eigenvalue weighted by Gasteiger charge is 2.15. The molecule has 0 bridgehead atoms. The van der Waals surface area contributed by atoms with Crippen molar-refractivity contribution < 1.29 is 0 Å². The fourth-order valence-electron chi connectivity index (χ4n) is 5.86. The molecule has 6 heteroatoms. The Morgan fingerprint density at radius 1 is 0.700 bits per heavy atom.